The van der Waals surface area contributed by atoms with Crippen LogP contribution < -0.4 is 9.47 Å². The van der Waals surface area contributed by atoms with Gasteiger partial charge in [-0.05, 0) is 12.1 Å². The molecule has 1 rings (SSSR count). The van der Waals surface area contributed by atoms with E-state index in [1.165, 1.54) is 26.4 Å². The highest BCUT2D eigenvalue weighted by Gasteiger charge is 2.03. The summed E-state index contributed by atoms with van der Waals surface area (Å²) in [5, 5.41) is 10.8. The Labute approximate surface area is 65.2 Å². The largest absolute Gasteiger partial charge is 0.493 e. The van der Waals surface area contributed by atoms with Crippen molar-refractivity contribution >= 4 is 0 Å². The molecule has 0 aliphatic rings. The first-order valence-corrected chi connectivity index (χ1v) is 3.17. The monoisotopic (exact) mass is 153 g/mol. The Bertz CT molecular complexity index is 245. The van der Waals surface area contributed by atoms with E-state index in [2.05, 4.69) is 0 Å². The molecule has 3 heteroatoms. The molecule has 59 valence electrons. The zero-order valence-electron chi connectivity index (χ0n) is 6.46. The van der Waals surface area contributed by atoms with E-state index < -0.39 is 0 Å². The quantitative estimate of drug-likeness (QED) is 0.650. The van der Waals surface area contributed by atoms with Crippen LogP contribution in [0.4, 0.5) is 0 Å². The van der Waals surface area contributed by atoms with E-state index in [1.54, 1.807) is 6.07 Å². The molecule has 0 N–H and O–H groups in total. The van der Waals surface area contributed by atoms with Gasteiger partial charge in [-0.3, -0.25) is 5.11 Å². The summed E-state index contributed by atoms with van der Waals surface area (Å²) in [5.41, 5.74) is 0. The van der Waals surface area contributed by atoms with Crippen LogP contribution in [0, 0.1) is 0 Å². The summed E-state index contributed by atoms with van der Waals surface area (Å²) in [7, 11) is 3.03. The Morgan fingerprint density at radius 2 is 1.73 bits per heavy atom. The molecule has 0 fully saturated rings. The van der Waals surface area contributed by atoms with E-state index in [1.807, 2.05) is 0 Å². The molecule has 0 aliphatic heterocycles. The molecule has 0 unspecified atom stereocenters. The lowest BCUT2D eigenvalue weighted by atomic mass is 10.3. The van der Waals surface area contributed by atoms with E-state index in [0.717, 1.165) is 0 Å². The van der Waals surface area contributed by atoms with Crippen molar-refractivity contribution in [3.63, 3.8) is 0 Å². The van der Waals surface area contributed by atoms with Crippen LogP contribution in [-0.2, 0) is 5.11 Å². The second-order valence-electron chi connectivity index (χ2n) is 2.02. The lowest BCUT2D eigenvalue weighted by molar-refractivity contribution is 0.333. The highest BCUT2D eigenvalue weighted by Crippen LogP contribution is 2.30. The van der Waals surface area contributed by atoms with Crippen LogP contribution >= 0.6 is 0 Å². The van der Waals surface area contributed by atoms with Gasteiger partial charge in [0, 0.05) is 6.07 Å². The number of benzene rings is 1. The fraction of sp³-hybridized carbons (Fsp3) is 0.250. The minimum atomic E-state index is -0.0809. The van der Waals surface area contributed by atoms with Crippen LogP contribution in [0.15, 0.2) is 18.2 Å². The molecule has 0 bridgehead atoms. The van der Waals surface area contributed by atoms with Gasteiger partial charge < -0.3 is 9.47 Å². The standard InChI is InChI=1S/C8H9O3/c1-10-7-4-3-6(9)5-8(7)11-2/h3-5H,1-2H3. The third kappa shape index (κ3) is 1.55. The Kier molecular flexibility index (Phi) is 2.21. The number of rotatable bonds is 2. The fourth-order valence-electron chi connectivity index (χ4n) is 0.817. The van der Waals surface area contributed by atoms with Crippen LogP contribution in [0.25, 0.3) is 0 Å². The van der Waals surface area contributed by atoms with Crippen LogP contribution in [0.3, 0.4) is 0 Å². The average Bonchev–Trinajstić information content (AvgIpc) is 2.04. The van der Waals surface area contributed by atoms with Crippen molar-refractivity contribution in [2.45, 2.75) is 0 Å². The van der Waals surface area contributed by atoms with Crippen molar-refractivity contribution in [1.29, 1.82) is 0 Å². The van der Waals surface area contributed by atoms with Crippen molar-refractivity contribution in [3.8, 4) is 17.2 Å². The molecule has 1 aromatic rings. The van der Waals surface area contributed by atoms with Crippen molar-refractivity contribution in [2.75, 3.05) is 14.2 Å². The SMILES string of the molecule is COc1ccc([O])cc1OC. The molecule has 0 heterocycles. The minimum Gasteiger partial charge on any atom is -0.493 e. The molecule has 0 atom stereocenters. The van der Waals surface area contributed by atoms with Crippen LogP contribution in [0.2, 0.25) is 0 Å². The lowest BCUT2D eigenvalue weighted by Gasteiger charge is -2.05. The van der Waals surface area contributed by atoms with Gasteiger partial charge in [-0.25, -0.2) is 0 Å². The van der Waals surface area contributed by atoms with Crippen molar-refractivity contribution in [3.05, 3.63) is 18.2 Å². The second kappa shape index (κ2) is 3.14. The van der Waals surface area contributed by atoms with Gasteiger partial charge in [-0.2, -0.15) is 0 Å². The molecule has 1 aromatic carbocycles. The van der Waals surface area contributed by atoms with Crippen LogP contribution in [-0.4, -0.2) is 14.2 Å². The van der Waals surface area contributed by atoms with Gasteiger partial charge in [0.15, 0.2) is 17.2 Å². The molecular formula is C8H9O3. The molecule has 0 aromatic heterocycles. The van der Waals surface area contributed by atoms with Gasteiger partial charge >= 0.3 is 0 Å². The summed E-state index contributed by atoms with van der Waals surface area (Å²) in [6.07, 6.45) is 0. The van der Waals surface area contributed by atoms with Crippen molar-refractivity contribution in [1.82, 2.24) is 0 Å². The predicted molar refractivity (Wildman–Crippen MR) is 39.7 cm³/mol. The Morgan fingerprint density at radius 3 is 2.27 bits per heavy atom. The van der Waals surface area contributed by atoms with E-state index >= 15 is 0 Å². The molecule has 0 spiro atoms. The summed E-state index contributed by atoms with van der Waals surface area (Å²) in [5.74, 6) is 0.967. The first-order chi connectivity index (χ1) is 5.27. The van der Waals surface area contributed by atoms with Gasteiger partial charge in [-0.1, -0.05) is 0 Å². The molecule has 1 radical (unpaired) electrons. The maximum Gasteiger partial charge on any atom is 0.182 e. The van der Waals surface area contributed by atoms with E-state index in [-0.39, 0.29) is 5.75 Å². The third-order valence-electron chi connectivity index (χ3n) is 1.36. The third-order valence-corrected chi connectivity index (χ3v) is 1.36. The summed E-state index contributed by atoms with van der Waals surface area (Å²) >= 11 is 0. The first kappa shape index (κ1) is 7.72. The van der Waals surface area contributed by atoms with Crippen molar-refractivity contribution < 1.29 is 14.6 Å². The maximum absolute atomic E-state index is 10.8. The lowest BCUT2D eigenvalue weighted by Crippen LogP contribution is -1.88. The predicted octanol–water partition coefficient (Wildman–Crippen LogP) is 1.85. The molecule has 0 saturated carbocycles. The highest BCUT2D eigenvalue weighted by atomic mass is 16.5. The second-order valence-corrected chi connectivity index (χ2v) is 2.02. The highest BCUT2D eigenvalue weighted by molar-refractivity contribution is 5.44. The molecule has 11 heavy (non-hydrogen) atoms. The van der Waals surface area contributed by atoms with Crippen LogP contribution in [0.1, 0.15) is 0 Å². The Balaban J connectivity index is 3.06. The zero-order chi connectivity index (χ0) is 8.27. The first-order valence-electron chi connectivity index (χ1n) is 3.17. The van der Waals surface area contributed by atoms with Gasteiger partial charge in [0.2, 0.25) is 0 Å². The van der Waals surface area contributed by atoms with E-state index in [4.69, 9.17) is 9.47 Å². The van der Waals surface area contributed by atoms with Gasteiger partial charge in [0.1, 0.15) is 0 Å². The molecule has 0 amide bonds. The summed E-state index contributed by atoms with van der Waals surface area (Å²) in [4.78, 5) is 0. The minimum absolute atomic E-state index is 0.0809. The Morgan fingerprint density at radius 1 is 1.09 bits per heavy atom. The van der Waals surface area contributed by atoms with Crippen molar-refractivity contribution in [2.24, 2.45) is 0 Å². The smallest absolute Gasteiger partial charge is 0.182 e. The summed E-state index contributed by atoms with van der Waals surface area (Å²) in [6, 6.07) is 4.40. The molecule has 3 nitrogen and oxygen atoms in total. The van der Waals surface area contributed by atoms with E-state index in [9.17, 15) is 5.11 Å². The number of hydrogen-bond donors (Lipinski definition) is 0. The average molecular weight is 153 g/mol. The molecule has 0 saturated heterocycles. The van der Waals surface area contributed by atoms with Crippen LogP contribution in [0.5, 0.6) is 17.2 Å². The number of hydrogen-bond acceptors (Lipinski definition) is 2. The topological polar surface area (TPSA) is 38.4 Å². The molecular weight excluding hydrogens is 144 g/mol. The zero-order valence-corrected chi connectivity index (χ0v) is 6.46. The van der Waals surface area contributed by atoms with Gasteiger partial charge in [0.05, 0.1) is 14.2 Å². The maximum atomic E-state index is 10.8. The van der Waals surface area contributed by atoms with E-state index in [0.29, 0.717) is 11.5 Å². The fourth-order valence-corrected chi connectivity index (χ4v) is 0.817. The van der Waals surface area contributed by atoms with Gasteiger partial charge in [-0.15, -0.1) is 0 Å². The Hall–Kier alpha value is -1.38. The molecule has 0 aliphatic carbocycles. The van der Waals surface area contributed by atoms with Gasteiger partial charge in [0.25, 0.3) is 0 Å². The summed E-state index contributed by atoms with van der Waals surface area (Å²) in [6.45, 7) is 0. The summed E-state index contributed by atoms with van der Waals surface area (Å²) < 4.78 is 9.82. The normalized spacial score (nSPS) is 9.27. The number of methoxy groups -OCH3 is 2. The number of ether oxygens (including phenoxy) is 2.